The van der Waals surface area contributed by atoms with E-state index >= 15 is 0 Å². The first-order valence-corrected chi connectivity index (χ1v) is 6.60. The lowest BCUT2D eigenvalue weighted by Gasteiger charge is -2.34. The molecule has 2 heterocycles. The predicted octanol–water partition coefficient (Wildman–Crippen LogP) is 3.04. The molecule has 2 aromatic rings. The Kier molecular flexibility index (Phi) is 2.73. The summed E-state index contributed by atoms with van der Waals surface area (Å²) in [6.45, 7) is 12.8. The van der Waals surface area contributed by atoms with Crippen LogP contribution in [0.3, 0.4) is 0 Å². The molecule has 0 aliphatic carbocycles. The van der Waals surface area contributed by atoms with Crippen molar-refractivity contribution >= 4 is 23.2 Å². The minimum Gasteiger partial charge on any atom is -0.359 e. The van der Waals surface area contributed by atoms with Gasteiger partial charge in [-0.05, 0) is 25.0 Å². The first-order valence-electron chi connectivity index (χ1n) is 6.60. The van der Waals surface area contributed by atoms with Crippen molar-refractivity contribution in [3.8, 4) is 5.69 Å². The van der Waals surface area contributed by atoms with E-state index in [1.165, 1.54) is 6.92 Å². The molecule has 1 amide bonds. The van der Waals surface area contributed by atoms with Crippen molar-refractivity contribution in [3.05, 3.63) is 41.2 Å². The fraction of sp³-hybridized carbons (Fsp3) is 0.267. The second-order valence-corrected chi connectivity index (χ2v) is 5.52. The van der Waals surface area contributed by atoms with Crippen LogP contribution in [0.25, 0.3) is 10.5 Å². The normalized spacial score (nSPS) is 14.4. The van der Waals surface area contributed by atoms with Gasteiger partial charge in [0.1, 0.15) is 5.69 Å². The van der Waals surface area contributed by atoms with Gasteiger partial charge in [0, 0.05) is 12.5 Å². The highest BCUT2D eigenvalue weighted by Crippen LogP contribution is 2.43. The van der Waals surface area contributed by atoms with Crippen LogP contribution in [0.1, 0.15) is 26.3 Å². The van der Waals surface area contributed by atoms with Crippen LogP contribution in [0.2, 0.25) is 0 Å². The Morgan fingerprint density at radius 2 is 2.14 bits per heavy atom. The maximum atomic E-state index is 11.4. The van der Waals surface area contributed by atoms with Crippen molar-refractivity contribution in [2.75, 3.05) is 10.6 Å². The third-order valence-corrected chi connectivity index (χ3v) is 3.51. The number of aromatic nitrogens is 2. The second-order valence-electron chi connectivity index (χ2n) is 5.52. The van der Waals surface area contributed by atoms with Crippen LogP contribution < -0.4 is 10.6 Å². The zero-order chi connectivity index (χ0) is 15.2. The molecule has 3 rings (SSSR count). The van der Waals surface area contributed by atoms with E-state index in [4.69, 9.17) is 6.57 Å². The molecule has 0 saturated carbocycles. The lowest BCUT2D eigenvalue weighted by atomic mass is 9.91. The molecule has 6 nitrogen and oxygen atoms in total. The molecule has 0 bridgehead atoms. The third kappa shape index (κ3) is 1.94. The molecule has 6 heteroatoms. The molecular weight excluding hydrogens is 266 g/mol. The Hall–Kier alpha value is -2.81. The Morgan fingerprint density at radius 3 is 2.81 bits per heavy atom. The maximum Gasteiger partial charge on any atom is 0.321 e. The smallest absolute Gasteiger partial charge is 0.321 e. The average Bonchev–Trinajstić information content (AvgIpc) is 2.76. The fourth-order valence-corrected chi connectivity index (χ4v) is 2.62. The van der Waals surface area contributed by atoms with Crippen molar-refractivity contribution in [2.24, 2.45) is 0 Å². The molecule has 0 fully saturated rings. The van der Waals surface area contributed by atoms with E-state index in [2.05, 4.69) is 34.4 Å². The summed E-state index contributed by atoms with van der Waals surface area (Å²) in [5.74, 6) is 0.592. The highest BCUT2D eigenvalue weighted by molar-refractivity contribution is 5.97. The highest BCUT2D eigenvalue weighted by Gasteiger charge is 2.35. The summed E-state index contributed by atoms with van der Waals surface area (Å²) in [6.07, 6.45) is 0. The van der Waals surface area contributed by atoms with Gasteiger partial charge in [-0.15, -0.1) is 4.68 Å². The van der Waals surface area contributed by atoms with Crippen LogP contribution in [0.15, 0.2) is 24.3 Å². The van der Waals surface area contributed by atoms with Crippen LogP contribution in [-0.2, 0) is 10.3 Å². The first-order chi connectivity index (χ1) is 9.94. The van der Waals surface area contributed by atoms with Gasteiger partial charge in [0.2, 0.25) is 5.91 Å². The number of anilines is 2. The number of nitrogens with zero attached hydrogens (tertiary/aromatic N) is 3. The molecule has 0 spiro atoms. The molecule has 1 aromatic carbocycles. The van der Waals surface area contributed by atoms with Crippen molar-refractivity contribution in [2.45, 2.75) is 26.3 Å². The van der Waals surface area contributed by atoms with Gasteiger partial charge in [0.25, 0.3) is 0 Å². The summed E-state index contributed by atoms with van der Waals surface area (Å²) < 4.78 is 1.68. The van der Waals surface area contributed by atoms with E-state index in [-0.39, 0.29) is 17.3 Å². The molecule has 1 aliphatic rings. The molecule has 0 radical (unpaired) electrons. The van der Waals surface area contributed by atoms with E-state index in [0.717, 1.165) is 11.3 Å². The minimum atomic E-state index is -0.320. The number of nitrogens with one attached hydrogen (secondary N) is 2. The van der Waals surface area contributed by atoms with Gasteiger partial charge in [-0.3, -0.25) is 4.79 Å². The van der Waals surface area contributed by atoms with Crippen LogP contribution in [0.5, 0.6) is 0 Å². The van der Waals surface area contributed by atoms with Crippen molar-refractivity contribution in [1.29, 1.82) is 0 Å². The largest absolute Gasteiger partial charge is 0.359 e. The van der Waals surface area contributed by atoms with Crippen LogP contribution >= 0.6 is 0 Å². The number of para-hydroxylation sites is 1. The predicted molar refractivity (Wildman–Crippen MR) is 80.8 cm³/mol. The first kappa shape index (κ1) is 13.2. The number of carbonyl (C=O) groups is 1. The quantitative estimate of drug-likeness (QED) is 0.790. The third-order valence-electron chi connectivity index (χ3n) is 3.51. The van der Waals surface area contributed by atoms with Gasteiger partial charge in [0.15, 0.2) is 5.82 Å². The monoisotopic (exact) mass is 281 g/mol. The van der Waals surface area contributed by atoms with Gasteiger partial charge < -0.3 is 15.5 Å². The van der Waals surface area contributed by atoms with E-state index in [1.807, 2.05) is 24.3 Å². The van der Waals surface area contributed by atoms with Gasteiger partial charge in [0.05, 0.1) is 11.2 Å². The number of amides is 1. The van der Waals surface area contributed by atoms with E-state index < -0.39 is 0 Å². The number of rotatable bonds is 1. The Bertz CT molecular complexity index is 782. The summed E-state index contributed by atoms with van der Waals surface area (Å²) in [4.78, 5) is 14.8. The summed E-state index contributed by atoms with van der Waals surface area (Å²) in [6, 6.07) is 7.89. The summed E-state index contributed by atoms with van der Waals surface area (Å²) >= 11 is 0. The fourth-order valence-electron chi connectivity index (χ4n) is 2.62. The number of carbonyl (C=O) groups excluding carboxylic acids is 1. The number of benzene rings is 1. The average molecular weight is 281 g/mol. The minimum absolute atomic E-state index is 0.181. The molecule has 106 valence electrons. The lowest BCUT2D eigenvalue weighted by molar-refractivity contribution is -0.114. The molecule has 1 aromatic heterocycles. The van der Waals surface area contributed by atoms with Crippen LogP contribution in [0.4, 0.5) is 17.3 Å². The molecule has 0 atom stereocenters. The molecular formula is C15H15N5O. The van der Waals surface area contributed by atoms with Gasteiger partial charge in [-0.1, -0.05) is 24.8 Å². The SMILES string of the molecule is [C-]#[N+]c1nn2c(c1NC(C)=O)NC(C)(C)c1ccccc1-2. The van der Waals surface area contributed by atoms with Gasteiger partial charge >= 0.3 is 5.82 Å². The Labute approximate surface area is 122 Å². The Morgan fingerprint density at radius 1 is 1.43 bits per heavy atom. The second kappa shape index (κ2) is 4.35. The molecule has 1 aliphatic heterocycles. The van der Waals surface area contributed by atoms with Gasteiger partial charge in [-0.25, -0.2) is 0 Å². The van der Waals surface area contributed by atoms with E-state index in [1.54, 1.807) is 4.68 Å². The van der Waals surface area contributed by atoms with Crippen molar-refractivity contribution < 1.29 is 4.79 Å². The molecule has 21 heavy (non-hydrogen) atoms. The van der Waals surface area contributed by atoms with Crippen LogP contribution in [-0.4, -0.2) is 15.7 Å². The number of fused-ring (bicyclic) bond motifs is 3. The van der Waals surface area contributed by atoms with Gasteiger partial charge in [-0.2, -0.15) is 0 Å². The number of hydrogen-bond donors (Lipinski definition) is 2. The zero-order valence-corrected chi connectivity index (χ0v) is 12.1. The van der Waals surface area contributed by atoms with Crippen LogP contribution in [0, 0.1) is 6.57 Å². The molecule has 2 N–H and O–H groups in total. The summed E-state index contributed by atoms with van der Waals surface area (Å²) in [5, 5.41) is 10.4. The van der Waals surface area contributed by atoms with Crippen molar-refractivity contribution in [3.63, 3.8) is 0 Å². The Balaban J connectivity index is 2.28. The molecule has 0 saturated heterocycles. The van der Waals surface area contributed by atoms with E-state index in [9.17, 15) is 4.79 Å². The lowest BCUT2D eigenvalue weighted by Crippen LogP contribution is -2.35. The highest BCUT2D eigenvalue weighted by atomic mass is 16.1. The summed E-state index contributed by atoms with van der Waals surface area (Å²) in [5.41, 5.74) is 2.11. The topological polar surface area (TPSA) is 63.3 Å². The molecule has 0 unspecified atom stereocenters. The van der Waals surface area contributed by atoms with Crippen molar-refractivity contribution in [1.82, 2.24) is 9.78 Å². The number of hydrogen-bond acceptors (Lipinski definition) is 3. The standard InChI is InChI=1S/C15H15N5O/c1-9(21)17-12-13(16-4)19-20-11-8-6-5-7-10(11)15(2,3)18-14(12)20/h5-8,18H,1-3H3,(H,17,21). The maximum absolute atomic E-state index is 11.4. The summed E-state index contributed by atoms with van der Waals surface area (Å²) in [7, 11) is 0. The van der Waals surface area contributed by atoms with E-state index in [0.29, 0.717) is 11.5 Å². The zero-order valence-electron chi connectivity index (χ0n) is 12.1.